The monoisotopic (exact) mass is 447 g/mol. The van der Waals surface area contributed by atoms with Crippen molar-refractivity contribution in [1.82, 2.24) is 10.9 Å². The van der Waals surface area contributed by atoms with E-state index in [4.69, 9.17) is 4.74 Å². The van der Waals surface area contributed by atoms with Crippen LogP contribution in [0.3, 0.4) is 0 Å². The zero-order valence-electron chi connectivity index (χ0n) is 15.8. The zero-order valence-corrected chi connectivity index (χ0v) is 17.4. The number of halogens is 1. The van der Waals surface area contributed by atoms with Crippen molar-refractivity contribution in [2.24, 2.45) is 5.92 Å². The predicted octanol–water partition coefficient (Wildman–Crippen LogP) is 3.52. The fraction of sp³-hybridized carbons (Fsp3) is 0.250. The van der Waals surface area contributed by atoms with Gasteiger partial charge in [0.15, 0.2) is 0 Å². The van der Waals surface area contributed by atoms with E-state index in [1.54, 1.807) is 56.3 Å². The van der Waals surface area contributed by atoms with Crippen LogP contribution in [0.1, 0.15) is 41.5 Å². The van der Waals surface area contributed by atoms with Gasteiger partial charge in [-0.25, -0.2) is 0 Å². The number of carbonyl (C=O) groups excluding carboxylic acids is 3. The molecule has 0 fully saturated rings. The minimum absolute atomic E-state index is 0.108. The molecule has 2 aromatic carbocycles. The second-order valence-electron chi connectivity index (χ2n) is 6.20. The fourth-order valence-corrected chi connectivity index (χ4v) is 2.57. The van der Waals surface area contributed by atoms with Gasteiger partial charge in [0.2, 0.25) is 5.91 Å². The summed E-state index contributed by atoms with van der Waals surface area (Å²) in [7, 11) is 0. The third kappa shape index (κ3) is 5.82. The highest BCUT2D eigenvalue weighted by atomic mass is 79.9. The first-order valence-electron chi connectivity index (χ1n) is 8.75. The second kappa shape index (κ2) is 9.89. The molecule has 0 aliphatic rings. The third-order valence-electron chi connectivity index (χ3n) is 3.71. The van der Waals surface area contributed by atoms with Crippen LogP contribution in [0.4, 0.5) is 5.69 Å². The highest BCUT2D eigenvalue weighted by Crippen LogP contribution is 2.23. The molecule has 0 aliphatic heterocycles. The summed E-state index contributed by atoms with van der Waals surface area (Å²) < 4.78 is 6.15. The van der Waals surface area contributed by atoms with Crippen molar-refractivity contribution in [3.8, 4) is 5.75 Å². The molecule has 0 saturated heterocycles. The summed E-state index contributed by atoms with van der Waals surface area (Å²) >= 11 is 3.31. The molecule has 28 heavy (non-hydrogen) atoms. The summed E-state index contributed by atoms with van der Waals surface area (Å²) in [5, 5.41) is 2.74. The van der Waals surface area contributed by atoms with Gasteiger partial charge >= 0.3 is 0 Å². The number of hydrogen-bond acceptors (Lipinski definition) is 4. The molecule has 3 N–H and O–H groups in total. The fourth-order valence-electron chi connectivity index (χ4n) is 2.21. The molecule has 148 valence electrons. The molecule has 0 radical (unpaired) electrons. The molecule has 0 spiro atoms. The van der Waals surface area contributed by atoms with E-state index >= 15 is 0 Å². The lowest BCUT2D eigenvalue weighted by Crippen LogP contribution is -2.41. The van der Waals surface area contributed by atoms with Gasteiger partial charge < -0.3 is 10.1 Å². The maximum absolute atomic E-state index is 12.4. The van der Waals surface area contributed by atoms with Crippen LogP contribution >= 0.6 is 15.9 Å². The molecule has 0 atom stereocenters. The van der Waals surface area contributed by atoms with Crippen LogP contribution in [0, 0.1) is 5.92 Å². The first-order valence-corrected chi connectivity index (χ1v) is 9.55. The van der Waals surface area contributed by atoms with Crippen LogP contribution in [0.15, 0.2) is 46.9 Å². The molecule has 0 unspecified atom stereocenters. The number of amides is 3. The van der Waals surface area contributed by atoms with E-state index in [9.17, 15) is 14.4 Å². The van der Waals surface area contributed by atoms with Gasteiger partial charge in [0.25, 0.3) is 11.8 Å². The van der Waals surface area contributed by atoms with Crippen LogP contribution < -0.4 is 20.9 Å². The minimum atomic E-state index is -0.501. The van der Waals surface area contributed by atoms with Crippen LogP contribution in [0.5, 0.6) is 5.75 Å². The molecular formula is C20H22BrN3O4. The summed E-state index contributed by atoms with van der Waals surface area (Å²) in [4.78, 5) is 36.3. The Bertz CT molecular complexity index is 866. The van der Waals surface area contributed by atoms with Crippen molar-refractivity contribution in [1.29, 1.82) is 0 Å². The molecule has 7 nitrogen and oxygen atoms in total. The Morgan fingerprint density at radius 3 is 2.25 bits per heavy atom. The van der Waals surface area contributed by atoms with Gasteiger partial charge in [-0.3, -0.25) is 25.2 Å². The van der Waals surface area contributed by atoms with Gasteiger partial charge in [-0.2, -0.15) is 0 Å². The Morgan fingerprint density at radius 1 is 1.00 bits per heavy atom. The van der Waals surface area contributed by atoms with Gasteiger partial charge in [0.05, 0.1) is 12.2 Å². The van der Waals surface area contributed by atoms with Crippen LogP contribution in [0.25, 0.3) is 0 Å². The van der Waals surface area contributed by atoms with Gasteiger partial charge in [-0.1, -0.05) is 29.8 Å². The van der Waals surface area contributed by atoms with Gasteiger partial charge in [0.1, 0.15) is 5.75 Å². The number of nitrogens with one attached hydrogen (secondary N) is 3. The van der Waals surface area contributed by atoms with Crippen molar-refractivity contribution in [3.05, 3.63) is 58.1 Å². The highest BCUT2D eigenvalue weighted by Gasteiger charge is 2.15. The van der Waals surface area contributed by atoms with Crippen LogP contribution in [0.2, 0.25) is 0 Å². The van der Waals surface area contributed by atoms with Gasteiger partial charge in [-0.05, 0) is 49.4 Å². The molecule has 0 aliphatic carbocycles. The zero-order chi connectivity index (χ0) is 20.7. The average molecular weight is 448 g/mol. The second-order valence-corrected chi connectivity index (χ2v) is 7.12. The first-order chi connectivity index (χ1) is 13.3. The summed E-state index contributed by atoms with van der Waals surface area (Å²) in [5.41, 5.74) is 5.97. The number of benzene rings is 2. The molecule has 3 amide bonds. The van der Waals surface area contributed by atoms with E-state index in [-0.39, 0.29) is 11.8 Å². The van der Waals surface area contributed by atoms with E-state index in [1.165, 1.54) is 0 Å². The van der Waals surface area contributed by atoms with Crippen LogP contribution in [-0.4, -0.2) is 24.3 Å². The number of hydrogen-bond donors (Lipinski definition) is 3. The maximum Gasteiger partial charge on any atom is 0.273 e. The quantitative estimate of drug-likeness (QED) is 0.590. The number of anilines is 1. The van der Waals surface area contributed by atoms with E-state index in [0.717, 1.165) is 0 Å². The predicted molar refractivity (Wildman–Crippen MR) is 110 cm³/mol. The molecule has 2 aromatic rings. The molecule has 8 heteroatoms. The topological polar surface area (TPSA) is 96.5 Å². The van der Waals surface area contributed by atoms with E-state index in [0.29, 0.717) is 33.6 Å². The van der Waals surface area contributed by atoms with E-state index in [1.807, 2.05) is 6.92 Å². The van der Waals surface area contributed by atoms with Crippen molar-refractivity contribution in [2.45, 2.75) is 20.8 Å². The number of hydrazine groups is 1. The lowest BCUT2D eigenvalue weighted by molar-refractivity contribution is -0.118. The Balaban J connectivity index is 1.99. The summed E-state index contributed by atoms with van der Waals surface area (Å²) in [6.07, 6.45) is 0. The van der Waals surface area contributed by atoms with E-state index < -0.39 is 11.8 Å². The summed E-state index contributed by atoms with van der Waals surface area (Å²) in [6.45, 7) is 5.82. The Morgan fingerprint density at radius 2 is 1.64 bits per heavy atom. The van der Waals surface area contributed by atoms with Crippen molar-refractivity contribution >= 4 is 39.3 Å². The lowest BCUT2D eigenvalue weighted by Gasteiger charge is -2.12. The van der Waals surface area contributed by atoms with Crippen molar-refractivity contribution in [3.63, 3.8) is 0 Å². The Kier molecular flexibility index (Phi) is 7.57. The van der Waals surface area contributed by atoms with Crippen molar-refractivity contribution < 1.29 is 19.1 Å². The molecule has 0 aromatic heterocycles. The number of ether oxygens (including phenoxy) is 1. The lowest BCUT2D eigenvalue weighted by atomic mass is 10.1. The van der Waals surface area contributed by atoms with Gasteiger partial charge in [0, 0.05) is 21.6 Å². The minimum Gasteiger partial charge on any atom is -0.493 e. The largest absolute Gasteiger partial charge is 0.493 e. The SMILES string of the molecule is CCOc1ccc(Br)cc1C(=O)NNC(=O)c1ccc(NC(=O)C(C)C)cc1. The number of rotatable bonds is 6. The number of carbonyl (C=O) groups is 3. The Labute approximate surface area is 171 Å². The molecule has 0 heterocycles. The van der Waals surface area contributed by atoms with E-state index in [2.05, 4.69) is 32.1 Å². The first kappa shape index (κ1) is 21.4. The molecule has 0 bridgehead atoms. The maximum atomic E-state index is 12.4. The summed E-state index contributed by atoms with van der Waals surface area (Å²) in [6, 6.07) is 11.4. The highest BCUT2D eigenvalue weighted by molar-refractivity contribution is 9.10. The van der Waals surface area contributed by atoms with Crippen molar-refractivity contribution in [2.75, 3.05) is 11.9 Å². The van der Waals surface area contributed by atoms with Crippen LogP contribution in [-0.2, 0) is 4.79 Å². The molecule has 0 saturated carbocycles. The summed E-state index contributed by atoms with van der Waals surface area (Å²) in [5.74, 6) is -0.814. The Hall–Kier alpha value is -2.87. The van der Waals surface area contributed by atoms with Gasteiger partial charge in [-0.15, -0.1) is 0 Å². The average Bonchev–Trinajstić information content (AvgIpc) is 2.67. The smallest absolute Gasteiger partial charge is 0.273 e. The third-order valence-corrected chi connectivity index (χ3v) is 4.21. The standard InChI is InChI=1S/C20H22BrN3O4/c1-4-28-17-10-7-14(21)11-16(17)20(27)24-23-19(26)13-5-8-15(9-6-13)22-18(25)12(2)3/h5-12H,4H2,1-3H3,(H,22,25)(H,23,26)(H,24,27). The normalized spacial score (nSPS) is 10.3. The molecule has 2 rings (SSSR count). The molecular weight excluding hydrogens is 426 g/mol.